The molecule has 0 bridgehead atoms. The van der Waals surface area contributed by atoms with E-state index < -0.39 is 61.3 Å². The maximum absolute atomic E-state index is 12.9. The first-order chi connectivity index (χ1) is 32.3. The summed E-state index contributed by atoms with van der Waals surface area (Å²) in [5.74, 6) is -2.35. The molecule has 5 amide bonds. The second-order valence-electron chi connectivity index (χ2n) is 14.5. The molecule has 2 fully saturated rings. The molecule has 0 saturated carbocycles. The van der Waals surface area contributed by atoms with E-state index in [1.54, 1.807) is 64.1 Å². The Kier molecular flexibility index (Phi) is 53.8. The second kappa shape index (κ2) is 47.6. The van der Waals surface area contributed by atoms with Gasteiger partial charge in [-0.1, -0.05) is 59.4 Å². The first-order valence-corrected chi connectivity index (χ1v) is 60.4. The fourth-order valence-electron chi connectivity index (χ4n) is 5.98. The molecule has 2 heterocycles. The molecule has 4 atom stereocenters. The molecule has 415 valence electrons. The summed E-state index contributed by atoms with van der Waals surface area (Å²) in [7, 11) is -0.541. The molecule has 2 aromatic carbocycles. The summed E-state index contributed by atoms with van der Waals surface area (Å²) in [6.45, 7) is 8.01. The molecule has 2 saturated heterocycles. The first-order valence-electron chi connectivity index (χ1n) is 20.3. The number of nitrogens with one attached hydrogen (secondary N) is 3. The summed E-state index contributed by atoms with van der Waals surface area (Å²) >= 11 is 21.3. The van der Waals surface area contributed by atoms with Crippen LogP contribution in [0.1, 0.15) is 60.8 Å². The number of benzene rings is 2. The Hall–Kier alpha value is 2.95. The number of rotatable bonds is 11. The number of hydrogen-bond donors (Lipinski definition) is 9. The van der Waals surface area contributed by atoms with Crippen molar-refractivity contribution in [1.82, 2.24) is 20.4 Å². The number of nitrogen functional groups attached to an aromatic ring is 1. The van der Waals surface area contributed by atoms with Gasteiger partial charge in [0.05, 0.1) is 14.2 Å². The van der Waals surface area contributed by atoms with Gasteiger partial charge in [-0.25, -0.2) is 14.4 Å². The van der Waals surface area contributed by atoms with Crippen molar-refractivity contribution in [3.05, 3.63) is 63.4 Å². The van der Waals surface area contributed by atoms with Crippen LogP contribution in [-0.2, 0) is 43.3 Å². The average Bonchev–Trinajstić information content (AvgIpc) is 3.95. The van der Waals surface area contributed by atoms with Crippen molar-refractivity contribution >= 4 is 252 Å². The van der Waals surface area contributed by atoms with Crippen molar-refractivity contribution < 1.29 is 78.1 Å². The van der Waals surface area contributed by atoms with Gasteiger partial charge in [0.1, 0.15) is 24.2 Å². The van der Waals surface area contributed by atoms with E-state index in [-0.39, 0.29) is 61.7 Å². The van der Waals surface area contributed by atoms with Gasteiger partial charge in [0.25, 0.3) is 0 Å². The molecule has 0 aliphatic carbocycles. The summed E-state index contributed by atoms with van der Waals surface area (Å²) in [5.41, 5.74) is 7.23. The molecule has 72 heavy (non-hydrogen) atoms. The van der Waals surface area contributed by atoms with Gasteiger partial charge < -0.3 is 81.0 Å². The molecule has 10 N–H and O–H groups in total. The SMILES string of the molecule is C.COC(=O)N[C@H](C(=O)N1CCC[C@H]1C(=O)Nc1ccc(B(O)O)cc1)C(C)C.COC(=O)N[C@H](C(=O)N1CCC[C@H]1C(=O)O)C(C)C.Nc1ccc(B(O)O)cc1.[2H][V]([I])([I])[I].[CH3-].[CH3-].[I][V]([I])[I].[I][V]([I])[I]. The van der Waals surface area contributed by atoms with Gasteiger partial charge in [0.15, 0.2) is 0 Å². The number of nitrogens with two attached hydrogens (primary N) is 1. The number of likely N-dealkylation sites (tertiary alicyclic amines) is 2. The third kappa shape index (κ3) is 38.6. The van der Waals surface area contributed by atoms with E-state index in [9.17, 15) is 28.8 Å². The average molecular weight is 2140 g/mol. The van der Waals surface area contributed by atoms with E-state index in [1.165, 1.54) is 36.2 Å². The standard InChI is InChI=1S/C18H26BN3O6.C12H20N2O5.C6H8BNO2.CH4.2CH3.9HI.3V.H/c1-11(2)15(21-18(25)28-3)17(24)22-10-4-5-14(22)16(23)20-13-8-6-12(7-9-13)19(26)27;1-7(2)9(13-12(18)19-3)10(15)14-6-4-5-8(14)11(16)17;8-6-3-1-5(2-4-6)7(9)10;;;;;;;;;;;;;;;;/h6-9,11,14-15,26-27H,4-5,10H2,1-3H3,(H,20,23)(H,21,25);7-9H,4-6H2,1-3H3,(H,13,18)(H,16,17);1-4,9-10H,8H2;1H4;2*1H3;9*1H;;;;/q;;;;2*-1;;;;;;;;;;3*+3;/p-9/t14-,15-;8-,9-;;;;;;;;;;;;;;;;;/m00................./s1/i;;;;;;;;;;;;;;;;;;1+1. The molecule has 2 aliphatic heterocycles. The van der Waals surface area contributed by atoms with Crippen molar-refractivity contribution in [3.63, 3.8) is 0 Å². The molecule has 0 aromatic heterocycles. The molecule has 0 radical (unpaired) electrons. The van der Waals surface area contributed by atoms with Crippen molar-refractivity contribution in [2.24, 2.45) is 11.8 Å². The Bertz CT molecular complexity index is 1890. The first kappa shape index (κ1) is 81.4. The molecule has 33 heteroatoms. The number of ether oxygens (including phenoxy) is 2. The Morgan fingerprint density at radius 1 is 0.694 bits per heavy atom. The van der Waals surface area contributed by atoms with Gasteiger partial charge in [0.2, 0.25) is 17.7 Å². The predicted octanol–water partition coefficient (Wildman–Crippen LogP) is 8.30. The fraction of sp³-hybridized carbons (Fsp3) is 0.487. The Labute approximate surface area is 540 Å². The summed E-state index contributed by atoms with van der Waals surface area (Å²) in [4.78, 5) is 74.1. The Balaban J connectivity index is -0.000000295. The second-order valence-corrected chi connectivity index (χ2v) is 121. The number of nitrogens with zero attached hydrogens (tertiary/aromatic N) is 2. The van der Waals surface area contributed by atoms with Crippen LogP contribution >= 0.6 is 180 Å². The van der Waals surface area contributed by atoms with Crippen LogP contribution in [0.25, 0.3) is 0 Å². The molecule has 2 aliphatic rings. The van der Waals surface area contributed by atoms with Crippen LogP contribution in [-0.4, -0.2) is 137 Å². The fourth-order valence-corrected chi connectivity index (χ4v) is 5.98. The summed E-state index contributed by atoms with van der Waals surface area (Å²) in [6.07, 6.45) is 0.920. The Morgan fingerprint density at radius 2 is 1.00 bits per heavy atom. The van der Waals surface area contributed by atoms with E-state index in [0.717, 1.165) is 0 Å². The number of carbonyl (C=O) groups excluding carboxylic acids is 5. The topological polar surface area (TPSA) is 291 Å². The van der Waals surface area contributed by atoms with Gasteiger partial charge in [-0.3, -0.25) is 14.4 Å². The molecule has 0 spiro atoms. The third-order valence-corrected chi connectivity index (χ3v) is 9.15. The van der Waals surface area contributed by atoms with Crippen LogP contribution < -0.4 is 32.6 Å². The minimum absolute atomic E-state index is 0. The van der Waals surface area contributed by atoms with E-state index in [4.69, 9.17) is 31.8 Å². The molecule has 19 nitrogen and oxygen atoms in total. The maximum atomic E-state index is 12.9. The summed E-state index contributed by atoms with van der Waals surface area (Å²) in [6, 6.07) is 9.49. The van der Waals surface area contributed by atoms with Crippen molar-refractivity contribution in [3.8, 4) is 0 Å². The van der Waals surface area contributed by atoms with Crippen LogP contribution in [0.15, 0.2) is 48.5 Å². The van der Waals surface area contributed by atoms with Gasteiger partial charge in [-0.15, -0.1) is 0 Å². The number of carboxylic acids is 1. The van der Waals surface area contributed by atoms with E-state index >= 15 is 0 Å². The van der Waals surface area contributed by atoms with Gasteiger partial charge in [-0.05, 0) is 72.7 Å². The molecule has 0 unspecified atom stereocenters. The normalized spacial score (nSPS) is 15.2. The van der Waals surface area contributed by atoms with E-state index in [1.807, 2.05) is 0 Å². The number of aliphatic carboxylic acids is 1. The van der Waals surface area contributed by atoms with Gasteiger partial charge >= 0.3 is 228 Å². The monoisotopic (exact) mass is 2140 g/mol. The number of halogens is 9. The number of carboxylic acid groups (broad SMARTS) is 1. The number of hydrogen-bond acceptors (Lipinski definition) is 13. The summed E-state index contributed by atoms with van der Waals surface area (Å²) in [5, 5.41) is 52.3. The van der Waals surface area contributed by atoms with Crippen LogP contribution in [0.3, 0.4) is 0 Å². The zero-order valence-corrected chi connectivity index (χ0v) is 63.3. The number of amides is 5. The van der Waals surface area contributed by atoms with Crippen LogP contribution in [0.5, 0.6) is 0 Å². The van der Waals surface area contributed by atoms with Gasteiger partial charge in [-0.2, -0.15) is 0 Å². The number of alkyl carbamates (subject to hydrolysis) is 2. The number of methoxy groups -OCH3 is 2. The minimum atomic E-state index is -1.72. The quantitative estimate of drug-likeness (QED) is 0.0443. The van der Waals surface area contributed by atoms with Gasteiger partial charge in [0, 0.05) is 24.5 Å². The number of anilines is 2. The van der Waals surface area contributed by atoms with Crippen molar-refractivity contribution in [1.29, 1.82) is 0.879 Å². The van der Waals surface area contributed by atoms with E-state index in [0.29, 0.717) is 61.1 Å². The molecular weight excluding hydrogens is 2080 g/mol. The van der Waals surface area contributed by atoms with Crippen LogP contribution in [0.4, 0.5) is 21.0 Å². The molecule has 4 rings (SSSR count). The molecular formula is C39H65B2I9N6O13V3-2. The van der Waals surface area contributed by atoms with Crippen LogP contribution in [0.2, 0.25) is 0 Å². The van der Waals surface area contributed by atoms with E-state index in [2.05, 4.69) is 205 Å². The third-order valence-electron chi connectivity index (χ3n) is 9.15. The molecule has 2 aromatic rings. The zero-order valence-electron chi connectivity index (χ0n) is 40.7. The number of carbonyl (C=O) groups is 6. The van der Waals surface area contributed by atoms with Crippen LogP contribution in [0, 0.1) is 26.7 Å². The van der Waals surface area contributed by atoms with Crippen molar-refractivity contribution in [2.75, 3.05) is 38.4 Å². The Morgan fingerprint density at radius 3 is 1.29 bits per heavy atom. The zero-order chi connectivity index (χ0) is 54.6. The van der Waals surface area contributed by atoms with Crippen molar-refractivity contribution in [2.45, 2.75) is 85.0 Å². The summed E-state index contributed by atoms with van der Waals surface area (Å²) < 4.78 is 14.4. The predicted molar refractivity (Wildman–Crippen MR) is 358 cm³/mol.